The molecule has 0 radical (unpaired) electrons. The van der Waals surface area contributed by atoms with Crippen molar-refractivity contribution in [2.45, 2.75) is 63.6 Å². The number of benzene rings is 2. The van der Waals surface area contributed by atoms with E-state index in [9.17, 15) is 27.2 Å². The van der Waals surface area contributed by atoms with E-state index in [1.807, 2.05) is 13.8 Å². The van der Waals surface area contributed by atoms with Gasteiger partial charge >= 0.3 is 0 Å². The summed E-state index contributed by atoms with van der Waals surface area (Å²) >= 11 is 0. The summed E-state index contributed by atoms with van der Waals surface area (Å²) in [4.78, 5) is 39.7. The Morgan fingerprint density at radius 2 is 1.74 bits per heavy atom. The molecule has 3 rings (SSSR count). The fourth-order valence-corrected chi connectivity index (χ4v) is 5.44. The zero-order chi connectivity index (χ0) is 25.8. The largest absolute Gasteiger partial charge is 0.352 e. The van der Waals surface area contributed by atoms with Gasteiger partial charge in [-0.1, -0.05) is 37.3 Å². The van der Waals surface area contributed by atoms with Crippen LogP contribution in [-0.2, 0) is 26.2 Å². The van der Waals surface area contributed by atoms with Crippen LogP contribution in [0, 0.1) is 5.82 Å². The Morgan fingerprint density at radius 1 is 1.09 bits per heavy atom. The van der Waals surface area contributed by atoms with E-state index in [0.717, 1.165) is 4.31 Å². The summed E-state index contributed by atoms with van der Waals surface area (Å²) in [6.45, 7) is 5.04. The second kappa shape index (κ2) is 11.0. The van der Waals surface area contributed by atoms with Gasteiger partial charge < -0.3 is 10.2 Å². The molecule has 1 aliphatic rings. The monoisotopic (exact) mass is 503 g/mol. The van der Waals surface area contributed by atoms with E-state index in [2.05, 4.69) is 5.32 Å². The molecule has 0 bridgehead atoms. The highest BCUT2D eigenvalue weighted by Gasteiger charge is 2.40. The molecule has 0 spiro atoms. The third kappa shape index (κ3) is 5.70. The van der Waals surface area contributed by atoms with Crippen molar-refractivity contribution in [3.63, 3.8) is 0 Å². The molecule has 0 saturated heterocycles. The van der Waals surface area contributed by atoms with Gasteiger partial charge in [-0.3, -0.25) is 14.4 Å². The van der Waals surface area contributed by atoms with Gasteiger partial charge in [0.05, 0.1) is 5.56 Å². The van der Waals surface area contributed by atoms with Gasteiger partial charge in [-0.05, 0) is 44.9 Å². The molecular weight excluding hydrogens is 473 g/mol. The summed E-state index contributed by atoms with van der Waals surface area (Å²) in [7, 11) is -3.97. The van der Waals surface area contributed by atoms with Gasteiger partial charge in [0.2, 0.25) is 11.8 Å². The van der Waals surface area contributed by atoms with Crippen LogP contribution in [0.1, 0.15) is 56.0 Å². The molecule has 10 heteroatoms. The van der Waals surface area contributed by atoms with Gasteiger partial charge in [0.1, 0.15) is 16.8 Å². The summed E-state index contributed by atoms with van der Waals surface area (Å²) in [5, 5.41) is 2.83. The second-order valence-corrected chi connectivity index (χ2v) is 10.4. The van der Waals surface area contributed by atoms with Crippen LogP contribution in [0.3, 0.4) is 0 Å². The van der Waals surface area contributed by atoms with E-state index in [0.29, 0.717) is 6.42 Å². The molecule has 8 nitrogen and oxygen atoms in total. The van der Waals surface area contributed by atoms with E-state index in [-0.39, 0.29) is 53.9 Å². The maximum absolute atomic E-state index is 14.3. The van der Waals surface area contributed by atoms with Gasteiger partial charge in [0.15, 0.2) is 0 Å². The maximum atomic E-state index is 14.3. The second-order valence-electron chi connectivity index (χ2n) is 8.59. The highest BCUT2D eigenvalue weighted by Crippen LogP contribution is 2.30. The summed E-state index contributed by atoms with van der Waals surface area (Å²) in [6.07, 6.45) is 0.650. The van der Waals surface area contributed by atoms with Crippen molar-refractivity contribution in [3.8, 4) is 0 Å². The molecule has 2 aromatic rings. The van der Waals surface area contributed by atoms with Crippen LogP contribution in [0.4, 0.5) is 4.39 Å². The van der Waals surface area contributed by atoms with Gasteiger partial charge in [-0.25, -0.2) is 17.1 Å². The molecule has 35 heavy (non-hydrogen) atoms. The fourth-order valence-electron chi connectivity index (χ4n) is 3.83. The first kappa shape index (κ1) is 26.3. The van der Waals surface area contributed by atoms with Crippen molar-refractivity contribution in [3.05, 3.63) is 65.5 Å². The molecule has 0 aromatic heterocycles. The zero-order valence-corrected chi connectivity index (χ0v) is 20.8. The van der Waals surface area contributed by atoms with Crippen molar-refractivity contribution in [2.24, 2.45) is 0 Å². The molecule has 1 N–H and O–H groups in total. The fraction of sp³-hybridized carbons (Fsp3) is 0.400. The predicted molar refractivity (Wildman–Crippen MR) is 128 cm³/mol. The molecule has 0 fully saturated rings. The molecule has 2 aromatic carbocycles. The average Bonchev–Trinajstić information content (AvgIpc) is 3.03. The van der Waals surface area contributed by atoms with Crippen molar-refractivity contribution >= 4 is 27.7 Å². The lowest BCUT2D eigenvalue weighted by Crippen LogP contribution is -2.49. The van der Waals surface area contributed by atoms with E-state index < -0.39 is 33.7 Å². The quantitative estimate of drug-likeness (QED) is 0.537. The summed E-state index contributed by atoms with van der Waals surface area (Å²) in [5.74, 6) is -1.93. The number of carbonyl (C=O) groups excluding carboxylic acids is 3. The zero-order valence-electron chi connectivity index (χ0n) is 20.0. The molecule has 2 atom stereocenters. The first-order valence-corrected chi connectivity index (χ1v) is 13.0. The molecule has 0 unspecified atom stereocenters. The smallest absolute Gasteiger partial charge is 0.269 e. The summed E-state index contributed by atoms with van der Waals surface area (Å²) in [6, 6.07) is 11.0. The van der Waals surface area contributed by atoms with Crippen LogP contribution >= 0.6 is 0 Å². The van der Waals surface area contributed by atoms with Crippen LogP contribution < -0.4 is 5.32 Å². The minimum Gasteiger partial charge on any atom is -0.352 e. The Bertz CT molecular complexity index is 1220. The van der Waals surface area contributed by atoms with Gasteiger partial charge in [-0.15, -0.1) is 0 Å². The number of hydrogen-bond acceptors (Lipinski definition) is 5. The number of halogens is 1. The number of nitrogens with one attached hydrogen (secondary N) is 1. The van der Waals surface area contributed by atoms with Crippen LogP contribution in [0.5, 0.6) is 0 Å². The Morgan fingerprint density at radius 3 is 2.40 bits per heavy atom. The van der Waals surface area contributed by atoms with Gasteiger partial charge in [0.25, 0.3) is 15.9 Å². The Hall–Kier alpha value is -3.27. The van der Waals surface area contributed by atoms with E-state index in [1.54, 1.807) is 31.2 Å². The lowest BCUT2D eigenvalue weighted by Gasteiger charge is -2.30. The first-order chi connectivity index (χ1) is 16.6. The number of rotatable bonds is 10. The van der Waals surface area contributed by atoms with Crippen molar-refractivity contribution in [1.82, 2.24) is 14.5 Å². The maximum Gasteiger partial charge on any atom is 0.269 e. The van der Waals surface area contributed by atoms with E-state index >= 15 is 0 Å². The van der Waals surface area contributed by atoms with Crippen molar-refractivity contribution < 1.29 is 27.2 Å². The standard InChI is InChI=1S/C25H30FN3O5S/c1-4-17(2)27-24(31)18(3)28(16-19-10-5-7-12-21(19)26)23(30)14-9-15-29-25(32)20-11-6-8-13-22(20)35(29,33)34/h5-8,10-13,17-18H,4,9,14-16H2,1-3H3,(H,27,31)/t17-,18+/m0/s1. The summed E-state index contributed by atoms with van der Waals surface area (Å²) in [5.41, 5.74) is 0.368. The Kier molecular flexibility index (Phi) is 8.26. The molecule has 0 saturated carbocycles. The van der Waals surface area contributed by atoms with Crippen LogP contribution in [-0.4, -0.2) is 54.0 Å². The van der Waals surface area contributed by atoms with Crippen LogP contribution in [0.25, 0.3) is 0 Å². The number of fused-ring (bicyclic) bond motifs is 1. The third-order valence-electron chi connectivity index (χ3n) is 6.13. The predicted octanol–water partition coefficient (Wildman–Crippen LogP) is 3.08. The molecular formula is C25H30FN3O5S. The normalized spacial score (nSPS) is 15.9. The van der Waals surface area contributed by atoms with Gasteiger partial charge in [0, 0.05) is 31.1 Å². The molecule has 1 heterocycles. The number of sulfonamides is 1. The van der Waals surface area contributed by atoms with Crippen molar-refractivity contribution in [1.29, 1.82) is 0 Å². The van der Waals surface area contributed by atoms with Gasteiger partial charge in [-0.2, -0.15) is 0 Å². The third-order valence-corrected chi connectivity index (χ3v) is 7.97. The number of hydrogen-bond donors (Lipinski definition) is 1. The average molecular weight is 504 g/mol. The van der Waals surface area contributed by atoms with E-state index in [1.165, 1.54) is 29.2 Å². The van der Waals surface area contributed by atoms with Crippen LogP contribution in [0.2, 0.25) is 0 Å². The summed E-state index contributed by atoms with van der Waals surface area (Å²) < 4.78 is 40.5. The lowest BCUT2D eigenvalue weighted by molar-refractivity contribution is -0.141. The lowest BCUT2D eigenvalue weighted by atomic mass is 10.1. The minimum absolute atomic E-state index is 0.0483. The Labute approximate surface area is 205 Å². The first-order valence-electron chi connectivity index (χ1n) is 11.6. The number of nitrogens with zero attached hydrogens (tertiary/aromatic N) is 2. The topological polar surface area (TPSA) is 104 Å². The minimum atomic E-state index is -3.97. The molecule has 1 aliphatic heterocycles. The molecule has 0 aliphatic carbocycles. The number of amides is 3. The molecule has 3 amide bonds. The molecule has 188 valence electrons. The van der Waals surface area contributed by atoms with E-state index in [4.69, 9.17) is 0 Å². The highest BCUT2D eigenvalue weighted by atomic mass is 32.2. The van der Waals surface area contributed by atoms with Crippen LogP contribution in [0.15, 0.2) is 53.4 Å². The SMILES string of the molecule is CC[C@H](C)NC(=O)[C@@H](C)N(Cc1ccccc1F)C(=O)CCCN1C(=O)c2ccccc2S1(=O)=O. The number of carbonyl (C=O) groups is 3. The highest BCUT2D eigenvalue weighted by molar-refractivity contribution is 7.90. The van der Waals surface area contributed by atoms with Crippen molar-refractivity contribution in [2.75, 3.05) is 6.54 Å². The Balaban J connectivity index is 1.72.